The van der Waals surface area contributed by atoms with E-state index >= 15 is 0 Å². The Kier molecular flexibility index (Phi) is 37.8. The minimum atomic E-state index is -4.37. The second-order valence-corrected chi connectivity index (χ2v) is 14.5. The fourth-order valence-electron chi connectivity index (χ4n) is 4.91. The SMILES string of the molecule is CC/C=C\C/C=C\C/C=C\C/C=C\C/C=C\CCCC(=O)OC(COC(=O)CCCCCCC/C=C\C/C=C\CCCCC)COP(=O)(O)OCCNC. The minimum Gasteiger partial charge on any atom is -0.462 e. The average molecular weight is 776 g/mol. The summed E-state index contributed by atoms with van der Waals surface area (Å²) in [5.74, 6) is -0.901. The number of hydrogen-bond donors (Lipinski definition) is 2. The number of carbonyl (C=O) groups excluding carboxylic acids is 2. The molecule has 0 fully saturated rings. The number of esters is 2. The van der Waals surface area contributed by atoms with Crippen molar-refractivity contribution in [2.75, 3.05) is 33.4 Å². The molecule has 0 amide bonds. The molecule has 54 heavy (non-hydrogen) atoms. The molecule has 0 heterocycles. The van der Waals surface area contributed by atoms with Crippen LogP contribution in [-0.2, 0) is 32.7 Å². The van der Waals surface area contributed by atoms with E-state index in [1.54, 1.807) is 7.05 Å². The molecular weight excluding hydrogens is 701 g/mol. The van der Waals surface area contributed by atoms with Gasteiger partial charge in [-0.2, -0.15) is 0 Å². The largest absolute Gasteiger partial charge is 0.472 e. The van der Waals surface area contributed by atoms with Crippen LogP contribution in [0.5, 0.6) is 0 Å². The van der Waals surface area contributed by atoms with Gasteiger partial charge in [-0.25, -0.2) is 4.57 Å². The van der Waals surface area contributed by atoms with E-state index < -0.39 is 32.5 Å². The fourth-order valence-corrected chi connectivity index (χ4v) is 5.66. The third-order valence-electron chi connectivity index (χ3n) is 8.00. The van der Waals surface area contributed by atoms with Gasteiger partial charge in [0.1, 0.15) is 6.61 Å². The standard InChI is InChI=1S/C44H74NO8P/c1-4-6-8-10-12-14-16-18-20-21-23-25-27-29-31-33-35-37-44(47)53-42(41-52-54(48,49)51-39-38-45-3)40-50-43(46)36-34-32-30-28-26-24-22-19-17-15-13-11-9-7-5-2/h6,8,12-15,18-20,22-23,25,29,31,42,45H,4-5,7,9-11,16-17,21,24,26-28,30,32-41H2,1-3H3,(H,48,49)/b8-6-,14-12-,15-13-,20-18-,22-19-,25-23-,31-29-. The Morgan fingerprint density at radius 1 is 0.593 bits per heavy atom. The number of unbranched alkanes of at least 4 members (excludes halogenated alkanes) is 9. The van der Waals surface area contributed by atoms with Gasteiger partial charge >= 0.3 is 19.8 Å². The Morgan fingerprint density at radius 2 is 1.07 bits per heavy atom. The van der Waals surface area contributed by atoms with Crippen molar-refractivity contribution in [3.63, 3.8) is 0 Å². The first-order chi connectivity index (χ1) is 26.3. The maximum atomic E-state index is 12.6. The number of nitrogens with one attached hydrogen (secondary N) is 1. The van der Waals surface area contributed by atoms with Gasteiger partial charge in [0.15, 0.2) is 6.10 Å². The smallest absolute Gasteiger partial charge is 0.462 e. The minimum absolute atomic E-state index is 0.0347. The van der Waals surface area contributed by atoms with E-state index in [4.69, 9.17) is 18.5 Å². The molecule has 0 saturated carbocycles. The predicted octanol–water partition coefficient (Wildman–Crippen LogP) is 11.5. The second-order valence-electron chi connectivity index (χ2n) is 13.1. The summed E-state index contributed by atoms with van der Waals surface area (Å²) in [4.78, 5) is 35.0. The second kappa shape index (κ2) is 39.9. The lowest BCUT2D eigenvalue weighted by atomic mass is 10.1. The maximum Gasteiger partial charge on any atom is 0.472 e. The van der Waals surface area contributed by atoms with Crippen LogP contribution >= 0.6 is 7.82 Å². The lowest BCUT2D eigenvalue weighted by molar-refractivity contribution is -0.161. The molecule has 2 unspecified atom stereocenters. The normalized spacial score (nSPS) is 14.2. The quantitative estimate of drug-likeness (QED) is 0.0275. The van der Waals surface area contributed by atoms with Gasteiger partial charge in [-0.15, -0.1) is 0 Å². The predicted molar refractivity (Wildman–Crippen MR) is 224 cm³/mol. The van der Waals surface area contributed by atoms with Crippen molar-refractivity contribution >= 4 is 19.8 Å². The molecule has 0 aromatic rings. The van der Waals surface area contributed by atoms with Crippen LogP contribution in [-0.4, -0.2) is 56.3 Å². The van der Waals surface area contributed by atoms with E-state index in [1.807, 2.05) is 6.08 Å². The third-order valence-corrected chi connectivity index (χ3v) is 8.98. The zero-order valence-electron chi connectivity index (χ0n) is 33.9. The summed E-state index contributed by atoms with van der Waals surface area (Å²) in [7, 11) is -2.68. The van der Waals surface area contributed by atoms with Crippen molar-refractivity contribution in [1.82, 2.24) is 5.32 Å². The number of carbonyl (C=O) groups is 2. The first-order valence-electron chi connectivity index (χ1n) is 20.5. The molecule has 0 aromatic heterocycles. The Labute approximate surface area is 328 Å². The van der Waals surface area contributed by atoms with Gasteiger partial charge in [0.25, 0.3) is 0 Å². The van der Waals surface area contributed by atoms with Crippen LogP contribution in [0.2, 0.25) is 0 Å². The first kappa shape index (κ1) is 51.2. The van der Waals surface area contributed by atoms with Gasteiger partial charge in [-0.1, -0.05) is 131 Å². The molecule has 0 rings (SSSR count). The highest BCUT2D eigenvalue weighted by Gasteiger charge is 2.26. The lowest BCUT2D eigenvalue weighted by Gasteiger charge is -2.20. The number of phosphoric acid groups is 1. The summed E-state index contributed by atoms with van der Waals surface area (Å²) >= 11 is 0. The zero-order chi connectivity index (χ0) is 39.6. The molecule has 0 aliphatic heterocycles. The summed E-state index contributed by atoms with van der Waals surface area (Å²) in [6.07, 6.45) is 47.7. The summed E-state index contributed by atoms with van der Waals surface area (Å²) in [6.45, 7) is 3.97. The van der Waals surface area contributed by atoms with Gasteiger partial charge in [-0.05, 0) is 90.5 Å². The molecule has 0 spiro atoms. The number of rotatable bonds is 37. The molecule has 10 heteroatoms. The lowest BCUT2D eigenvalue weighted by Crippen LogP contribution is -2.29. The van der Waals surface area contributed by atoms with Gasteiger partial charge in [0, 0.05) is 19.4 Å². The average Bonchev–Trinajstić information content (AvgIpc) is 3.15. The Morgan fingerprint density at radius 3 is 1.63 bits per heavy atom. The van der Waals surface area contributed by atoms with E-state index in [9.17, 15) is 19.0 Å². The summed E-state index contributed by atoms with van der Waals surface area (Å²) in [6, 6.07) is 0. The van der Waals surface area contributed by atoms with Gasteiger partial charge < -0.3 is 19.7 Å². The van der Waals surface area contributed by atoms with Crippen LogP contribution in [0, 0.1) is 0 Å². The highest BCUT2D eigenvalue weighted by atomic mass is 31.2. The van der Waals surface area contributed by atoms with Gasteiger partial charge in [0.2, 0.25) is 0 Å². The van der Waals surface area contributed by atoms with E-state index in [0.717, 1.165) is 70.6 Å². The van der Waals surface area contributed by atoms with Crippen molar-refractivity contribution in [3.8, 4) is 0 Å². The van der Waals surface area contributed by atoms with Crippen molar-refractivity contribution in [1.29, 1.82) is 0 Å². The molecule has 308 valence electrons. The van der Waals surface area contributed by atoms with E-state index in [0.29, 0.717) is 25.8 Å². The van der Waals surface area contributed by atoms with Crippen LogP contribution < -0.4 is 5.32 Å². The highest BCUT2D eigenvalue weighted by molar-refractivity contribution is 7.47. The van der Waals surface area contributed by atoms with Gasteiger partial charge in [0.05, 0.1) is 13.2 Å². The van der Waals surface area contributed by atoms with E-state index in [-0.39, 0.29) is 26.1 Å². The van der Waals surface area contributed by atoms with Crippen LogP contribution in [0.3, 0.4) is 0 Å². The molecule has 2 atom stereocenters. The molecule has 0 aliphatic rings. The Bertz CT molecular complexity index is 1160. The fraction of sp³-hybridized carbons (Fsp3) is 0.636. The van der Waals surface area contributed by atoms with Crippen LogP contribution in [0.15, 0.2) is 85.1 Å². The molecular formula is C44H74NO8P. The number of hydrogen-bond acceptors (Lipinski definition) is 8. The molecule has 9 nitrogen and oxygen atoms in total. The number of phosphoric ester groups is 1. The first-order valence-corrected chi connectivity index (χ1v) is 22.0. The number of ether oxygens (including phenoxy) is 2. The van der Waals surface area contributed by atoms with E-state index in [1.165, 1.54) is 25.7 Å². The molecule has 0 saturated heterocycles. The molecule has 2 N–H and O–H groups in total. The Hall–Kier alpha value is -2.81. The number of likely N-dealkylation sites (N-methyl/N-ethyl adjacent to an activating group) is 1. The molecule has 0 aromatic carbocycles. The van der Waals surface area contributed by atoms with Crippen molar-refractivity contribution in [2.24, 2.45) is 0 Å². The van der Waals surface area contributed by atoms with Crippen molar-refractivity contribution in [3.05, 3.63) is 85.1 Å². The zero-order valence-corrected chi connectivity index (χ0v) is 34.8. The monoisotopic (exact) mass is 776 g/mol. The highest BCUT2D eigenvalue weighted by Crippen LogP contribution is 2.43. The van der Waals surface area contributed by atoms with Crippen LogP contribution in [0.1, 0.15) is 142 Å². The molecule has 0 radical (unpaired) electrons. The third kappa shape index (κ3) is 38.9. The van der Waals surface area contributed by atoms with Crippen molar-refractivity contribution in [2.45, 2.75) is 148 Å². The topological polar surface area (TPSA) is 120 Å². The van der Waals surface area contributed by atoms with Crippen molar-refractivity contribution < 1.29 is 37.6 Å². The van der Waals surface area contributed by atoms with E-state index in [2.05, 4.69) is 98.2 Å². The Balaban J connectivity index is 4.41. The van der Waals surface area contributed by atoms with Crippen LogP contribution in [0.25, 0.3) is 0 Å². The molecule has 0 bridgehead atoms. The van der Waals surface area contributed by atoms with Crippen LogP contribution in [0.4, 0.5) is 0 Å². The maximum absolute atomic E-state index is 12.6. The summed E-state index contributed by atoms with van der Waals surface area (Å²) < 4.78 is 33.1. The summed E-state index contributed by atoms with van der Waals surface area (Å²) in [5.41, 5.74) is 0. The van der Waals surface area contributed by atoms with Gasteiger partial charge in [-0.3, -0.25) is 18.6 Å². The summed E-state index contributed by atoms with van der Waals surface area (Å²) in [5, 5.41) is 2.81. The molecule has 0 aliphatic carbocycles. The number of allylic oxidation sites excluding steroid dienone is 14.